The molecular formula is C39H60O2P+. The van der Waals surface area contributed by atoms with E-state index >= 15 is 0 Å². The Hall–Kier alpha value is -1.37. The predicted molar refractivity (Wildman–Crippen MR) is 183 cm³/mol. The van der Waals surface area contributed by atoms with Gasteiger partial charge in [-0.2, -0.15) is 0 Å². The maximum absolute atomic E-state index is 10.9. The van der Waals surface area contributed by atoms with Crippen LogP contribution in [-0.4, -0.2) is 35.3 Å². The van der Waals surface area contributed by atoms with Crippen molar-refractivity contribution in [1.29, 1.82) is 0 Å². The summed E-state index contributed by atoms with van der Waals surface area (Å²) in [6.07, 6.45) is 23.5. The molecule has 3 aliphatic rings. The van der Waals surface area contributed by atoms with E-state index in [0.29, 0.717) is 29.4 Å². The first-order valence-electron chi connectivity index (χ1n) is 17.8. The monoisotopic (exact) mass is 591 g/mol. The smallest absolute Gasteiger partial charge is 0.115 e. The van der Waals surface area contributed by atoms with E-state index < -0.39 is 7.26 Å². The molecule has 2 fully saturated rings. The molecule has 2 nitrogen and oxygen atoms in total. The molecular weight excluding hydrogens is 531 g/mol. The predicted octanol–water partition coefficient (Wildman–Crippen LogP) is 10.1. The van der Waals surface area contributed by atoms with Crippen molar-refractivity contribution in [2.45, 2.75) is 129 Å². The lowest BCUT2D eigenvalue weighted by Crippen LogP contribution is -2.47. The van der Waals surface area contributed by atoms with Gasteiger partial charge in [0.25, 0.3) is 0 Å². The third kappa shape index (κ3) is 7.12. The summed E-state index contributed by atoms with van der Waals surface area (Å²) in [5.41, 5.74) is 3.03. The Morgan fingerprint density at radius 1 is 0.833 bits per heavy atom. The lowest BCUT2D eigenvalue weighted by molar-refractivity contribution is -0.0396. The lowest BCUT2D eigenvalue weighted by atomic mass is 9.52. The molecule has 232 valence electrons. The van der Waals surface area contributed by atoms with Crippen molar-refractivity contribution >= 4 is 12.6 Å². The molecule has 5 rings (SSSR count). The molecule has 42 heavy (non-hydrogen) atoms. The molecule has 0 radical (unpaired) electrons. The van der Waals surface area contributed by atoms with Crippen LogP contribution in [0.5, 0.6) is 5.75 Å². The van der Waals surface area contributed by atoms with Gasteiger partial charge in [0.1, 0.15) is 5.75 Å². The minimum atomic E-state index is -0.999. The highest BCUT2D eigenvalue weighted by Gasteiger charge is 2.56. The molecule has 0 saturated heterocycles. The highest BCUT2D eigenvalue weighted by molar-refractivity contribution is 7.82. The molecule has 3 aliphatic carbocycles. The maximum atomic E-state index is 10.9. The standard InChI is InChI=1S/C39H59O2P/c1-4-5-26-42(3,33-18-14-12-15-19-33)27-16-11-9-7-6-8-10-13-17-30-28-31-29-32(40)20-21-34(31)35-24-25-39(2)36(38(30)35)22-23-37(39)41/h12,14-15,18-21,29-30,35-38,41H,4-11,13,16-17,22-28H2,1-3H3/p+1/t30-,35-,36+,37+,38-,39+,42?/m1/s1. The Kier molecular flexibility index (Phi) is 11.1. The zero-order valence-corrected chi connectivity index (χ0v) is 28.0. The SMILES string of the molecule is CCCC[P+](C)(CCCCCCCCCC[C@@H]1Cc2cc(O)ccc2[C@H]2CC[C@]3(C)[C@@H](O)CC[C@H]3[C@H]12)c1ccccc1. The molecule has 2 N–H and O–H groups in total. The van der Waals surface area contributed by atoms with Gasteiger partial charge < -0.3 is 10.2 Å². The molecule has 2 aromatic carbocycles. The van der Waals surface area contributed by atoms with E-state index in [1.165, 1.54) is 107 Å². The first-order chi connectivity index (χ1) is 20.4. The molecule has 0 aromatic heterocycles. The van der Waals surface area contributed by atoms with Crippen LogP contribution in [0.2, 0.25) is 0 Å². The van der Waals surface area contributed by atoms with Crippen LogP contribution >= 0.6 is 7.26 Å². The first kappa shape index (κ1) is 32.0. The molecule has 0 spiro atoms. The van der Waals surface area contributed by atoms with E-state index in [9.17, 15) is 10.2 Å². The summed E-state index contributed by atoms with van der Waals surface area (Å²) in [4.78, 5) is 0. The molecule has 1 unspecified atom stereocenters. The second-order valence-electron chi connectivity index (χ2n) is 14.9. The van der Waals surface area contributed by atoms with E-state index in [0.717, 1.165) is 19.3 Å². The average molecular weight is 592 g/mol. The third-order valence-corrected chi connectivity index (χ3v) is 16.3. The second-order valence-corrected chi connectivity index (χ2v) is 19.1. The number of hydrogen-bond acceptors (Lipinski definition) is 2. The van der Waals surface area contributed by atoms with E-state index in [2.05, 4.69) is 63.0 Å². The summed E-state index contributed by atoms with van der Waals surface area (Å²) in [5, 5.41) is 22.8. The Morgan fingerprint density at radius 3 is 2.26 bits per heavy atom. The number of aliphatic hydroxyl groups excluding tert-OH is 1. The summed E-state index contributed by atoms with van der Waals surface area (Å²) < 4.78 is 0. The van der Waals surface area contributed by atoms with Crippen molar-refractivity contribution in [2.24, 2.45) is 23.2 Å². The number of aromatic hydroxyl groups is 1. The van der Waals surface area contributed by atoms with Crippen molar-refractivity contribution in [3.8, 4) is 5.75 Å². The van der Waals surface area contributed by atoms with Crippen molar-refractivity contribution in [1.82, 2.24) is 0 Å². The second kappa shape index (κ2) is 14.6. The lowest BCUT2D eigenvalue weighted by Gasteiger charge is -2.53. The fraction of sp³-hybridized carbons (Fsp3) is 0.692. The first-order valence-corrected chi connectivity index (χ1v) is 20.4. The zero-order chi connectivity index (χ0) is 29.6. The summed E-state index contributed by atoms with van der Waals surface area (Å²) in [7, 11) is -0.999. The highest BCUT2D eigenvalue weighted by Crippen LogP contribution is 2.63. The van der Waals surface area contributed by atoms with E-state index in [-0.39, 0.29) is 11.5 Å². The molecule has 3 heteroatoms. The summed E-state index contributed by atoms with van der Waals surface area (Å²) in [5.74, 6) is 3.12. The number of fused-ring (bicyclic) bond motifs is 5. The van der Waals surface area contributed by atoms with E-state index in [1.54, 1.807) is 5.30 Å². The van der Waals surface area contributed by atoms with Crippen LogP contribution < -0.4 is 5.30 Å². The molecule has 2 saturated carbocycles. The molecule has 2 aromatic rings. The zero-order valence-electron chi connectivity index (χ0n) is 27.1. The van der Waals surface area contributed by atoms with Crippen molar-refractivity contribution < 1.29 is 10.2 Å². The van der Waals surface area contributed by atoms with Gasteiger partial charge in [-0.1, -0.05) is 83.1 Å². The van der Waals surface area contributed by atoms with Gasteiger partial charge in [0.15, 0.2) is 0 Å². The van der Waals surface area contributed by atoms with Crippen molar-refractivity contribution in [3.05, 3.63) is 59.7 Å². The van der Waals surface area contributed by atoms with Crippen LogP contribution in [0.15, 0.2) is 48.5 Å². The summed E-state index contributed by atoms with van der Waals surface area (Å²) >= 11 is 0. The fourth-order valence-electron chi connectivity index (χ4n) is 9.62. The van der Waals surface area contributed by atoms with Gasteiger partial charge in [0.05, 0.1) is 30.4 Å². The normalized spacial score (nSPS) is 29.9. The van der Waals surface area contributed by atoms with Gasteiger partial charge in [-0.3, -0.25) is 0 Å². The van der Waals surface area contributed by atoms with Crippen LogP contribution in [-0.2, 0) is 6.42 Å². The van der Waals surface area contributed by atoms with Gasteiger partial charge >= 0.3 is 0 Å². The number of unbranched alkanes of at least 4 members (excludes halogenated alkanes) is 8. The molecule has 0 amide bonds. The highest BCUT2D eigenvalue weighted by atomic mass is 31.2. The Bertz CT molecular complexity index is 1120. The van der Waals surface area contributed by atoms with Crippen LogP contribution in [0, 0.1) is 23.2 Å². The van der Waals surface area contributed by atoms with Crippen LogP contribution in [0.1, 0.15) is 127 Å². The molecule has 0 bridgehead atoms. The topological polar surface area (TPSA) is 40.5 Å². The largest absolute Gasteiger partial charge is 0.508 e. The van der Waals surface area contributed by atoms with Crippen LogP contribution in [0.4, 0.5) is 0 Å². The van der Waals surface area contributed by atoms with Gasteiger partial charge in [0.2, 0.25) is 0 Å². The average Bonchev–Trinajstić information content (AvgIpc) is 3.30. The molecule has 0 aliphatic heterocycles. The minimum absolute atomic E-state index is 0.115. The van der Waals surface area contributed by atoms with Gasteiger partial charge in [0, 0.05) is 7.26 Å². The number of hydrogen-bond donors (Lipinski definition) is 2. The molecule has 0 heterocycles. The minimum Gasteiger partial charge on any atom is -0.508 e. The number of aliphatic hydroxyl groups is 1. The quantitative estimate of drug-likeness (QED) is 0.160. The van der Waals surface area contributed by atoms with Crippen LogP contribution in [0.25, 0.3) is 0 Å². The Balaban J connectivity index is 1.05. The Morgan fingerprint density at radius 2 is 1.52 bits per heavy atom. The summed E-state index contributed by atoms with van der Waals surface area (Å²) in [6.45, 7) is 7.33. The van der Waals surface area contributed by atoms with E-state index in [4.69, 9.17) is 0 Å². The third-order valence-electron chi connectivity index (χ3n) is 12.2. The summed E-state index contributed by atoms with van der Waals surface area (Å²) in [6, 6.07) is 17.6. The molecule has 7 atom stereocenters. The number of benzene rings is 2. The fourth-order valence-corrected chi connectivity index (χ4v) is 13.2. The van der Waals surface area contributed by atoms with Gasteiger partial charge in [-0.15, -0.1) is 0 Å². The van der Waals surface area contributed by atoms with Crippen LogP contribution in [0.3, 0.4) is 0 Å². The Labute approximate surface area is 258 Å². The van der Waals surface area contributed by atoms with Crippen molar-refractivity contribution in [2.75, 3.05) is 19.0 Å². The van der Waals surface area contributed by atoms with Crippen molar-refractivity contribution in [3.63, 3.8) is 0 Å². The maximum Gasteiger partial charge on any atom is 0.115 e. The number of phenolic OH excluding ortho intramolecular Hbond substituents is 1. The number of rotatable bonds is 15. The number of phenols is 1. The van der Waals surface area contributed by atoms with Gasteiger partial charge in [-0.05, 0) is 122 Å². The van der Waals surface area contributed by atoms with E-state index in [1.807, 2.05) is 6.07 Å². The van der Waals surface area contributed by atoms with Gasteiger partial charge in [-0.25, -0.2) is 0 Å².